The Morgan fingerprint density at radius 3 is 2.36 bits per heavy atom. The first kappa shape index (κ1) is 16.7. The molecule has 0 saturated carbocycles. The third-order valence-corrected chi connectivity index (χ3v) is 4.07. The molecule has 0 aliphatic carbocycles. The number of nitro benzene ring substituents is 1. The van der Waals surface area contributed by atoms with E-state index >= 15 is 0 Å². The fourth-order valence-electron chi connectivity index (χ4n) is 2.60. The van der Waals surface area contributed by atoms with Crippen LogP contribution in [0.2, 0.25) is 0 Å². The minimum atomic E-state index is -0.395. The van der Waals surface area contributed by atoms with Gasteiger partial charge in [0, 0.05) is 44.9 Å². The molecule has 0 saturated heterocycles. The SMILES string of the molecule is CN(C)c1ccc(N2CCC(C=Cc3ccc([N+](=O)[O-])cc3)=N2)cc1. The largest absolute Gasteiger partial charge is 0.378 e. The van der Waals surface area contributed by atoms with Crippen LogP contribution in [0.4, 0.5) is 17.1 Å². The van der Waals surface area contributed by atoms with Crippen LogP contribution in [0.5, 0.6) is 0 Å². The van der Waals surface area contributed by atoms with Gasteiger partial charge in [0.25, 0.3) is 5.69 Å². The first-order chi connectivity index (χ1) is 12.0. The molecule has 0 unspecified atom stereocenters. The van der Waals surface area contributed by atoms with Gasteiger partial charge in [0.05, 0.1) is 16.3 Å². The van der Waals surface area contributed by atoms with Gasteiger partial charge >= 0.3 is 0 Å². The lowest BCUT2D eigenvalue weighted by Crippen LogP contribution is -2.12. The van der Waals surface area contributed by atoms with Gasteiger partial charge in [-0.2, -0.15) is 5.10 Å². The van der Waals surface area contributed by atoms with Crippen molar-refractivity contribution in [1.29, 1.82) is 0 Å². The van der Waals surface area contributed by atoms with Gasteiger partial charge < -0.3 is 4.90 Å². The number of nitrogens with zero attached hydrogens (tertiary/aromatic N) is 4. The van der Waals surface area contributed by atoms with E-state index in [0.29, 0.717) is 0 Å². The zero-order valence-electron chi connectivity index (χ0n) is 14.3. The fourth-order valence-corrected chi connectivity index (χ4v) is 2.60. The number of rotatable bonds is 5. The minimum absolute atomic E-state index is 0.0997. The maximum absolute atomic E-state index is 10.7. The average molecular weight is 336 g/mol. The van der Waals surface area contributed by atoms with Crippen molar-refractivity contribution in [3.05, 3.63) is 70.3 Å². The summed E-state index contributed by atoms with van der Waals surface area (Å²) in [6, 6.07) is 14.8. The normalized spacial score (nSPS) is 14.0. The van der Waals surface area contributed by atoms with Crippen molar-refractivity contribution in [2.24, 2.45) is 5.10 Å². The maximum Gasteiger partial charge on any atom is 0.269 e. The lowest BCUT2D eigenvalue weighted by Gasteiger charge is -2.16. The topological polar surface area (TPSA) is 62.0 Å². The molecule has 1 aliphatic heterocycles. The molecule has 0 atom stereocenters. The van der Waals surface area contributed by atoms with Crippen molar-refractivity contribution in [2.75, 3.05) is 30.5 Å². The zero-order valence-corrected chi connectivity index (χ0v) is 14.3. The van der Waals surface area contributed by atoms with Gasteiger partial charge in [0.15, 0.2) is 0 Å². The predicted molar refractivity (Wildman–Crippen MR) is 102 cm³/mol. The second-order valence-electron chi connectivity index (χ2n) is 6.06. The molecule has 0 radical (unpaired) electrons. The lowest BCUT2D eigenvalue weighted by atomic mass is 10.1. The van der Waals surface area contributed by atoms with Crippen LogP contribution in [-0.4, -0.2) is 31.3 Å². The summed E-state index contributed by atoms with van der Waals surface area (Å²) in [4.78, 5) is 12.3. The van der Waals surface area contributed by atoms with E-state index in [1.807, 2.05) is 31.3 Å². The van der Waals surface area contributed by atoms with Crippen LogP contribution in [-0.2, 0) is 0 Å². The first-order valence-corrected chi connectivity index (χ1v) is 8.08. The predicted octanol–water partition coefficient (Wildman–Crippen LogP) is 3.94. The number of hydrazone groups is 1. The molecule has 0 N–H and O–H groups in total. The summed E-state index contributed by atoms with van der Waals surface area (Å²) in [6.45, 7) is 0.848. The molecule has 0 fully saturated rings. The second-order valence-corrected chi connectivity index (χ2v) is 6.06. The van der Waals surface area contributed by atoms with E-state index in [0.717, 1.165) is 35.6 Å². The highest BCUT2D eigenvalue weighted by Crippen LogP contribution is 2.23. The maximum atomic E-state index is 10.7. The third kappa shape index (κ3) is 4.03. The third-order valence-electron chi connectivity index (χ3n) is 4.07. The van der Waals surface area contributed by atoms with Crippen LogP contribution in [0.25, 0.3) is 6.08 Å². The Morgan fingerprint density at radius 1 is 1.08 bits per heavy atom. The van der Waals surface area contributed by atoms with Gasteiger partial charge in [0.2, 0.25) is 0 Å². The number of hydrogen-bond donors (Lipinski definition) is 0. The Kier molecular flexibility index (Phi) is 4.79. The van der Waals surface area contributed by atoms with Crippen LogP contribution in [0.3, 0.4) is 0 Å². The van der Waals surface area contributed by atoms with Crippen LogP contribution in [0.15, 0.2) is 59.7 Å². The minimum Gasteiger partial charge on any atom is -0.378 e. The molecule has 0 bridgehead atoms. The van der Waals surface area contributed by atoms with Crippen LogP contribution >= 0.6 is 0 Å². The van der Waals surface area contributed by atoms with Gasteiger partial charge in [-0.15, -0.1) is 0 Å². The Bertz CT molecular complexity index is 808. The molecule has 2 aromatic rings. The van der Waals surface area contributed by atoms with E-state index in [4.69, 9.17) is 0 Å². The smallest absolute Gasteiger partial charge is 0.269 e. The highest BCUT2D eigenvalue weighted by molar-refractivity contribution is 6.00. The summed E-state index contributed by atoms with van der Waals surface area (Å²) in [7, 11) is 4.04. The Balaban J connectivity index is 1.67. The quantitative estimate of drug-likeness (QED) is 0.613. The van der Waals surface area contributed by atoms with Gasteiger partial charge in [-0.25, -0.2) is 0 Å². The molecule has 0 spiro atoms. The Hall–Kier alpha value is -3.15. The summed E-state index contributed by atoms with van der Waals surface area (Å²) in [5, 5.41) is 17.3. The number of hydrogen-bond acceptors (Lipinski definition) is 5. The van der Waals surface area contributed by atoms with E-state index in [2.05, 4.69) is 34.3 Å². The number of non-ortho nitro benzene ring substituents is 1. The van der Waals surface area contributed by atoms with Crippen LogP contribution in [0.1, 0.15) is 12.0 Å². The molecule has 128 valence electrons. The Morgan fingerprint density at radius 2 is 1.76 bits per heavy atom. The molecule has 6 nitrogen and oxygen atoms in total. The zero-order chi connectivity index (χ0) is 17.8. The molecule has 3 rings (SSSR count). The molecule has 1 heterocycles. The molecular formula is C19H20N4O2. The van der Waals surface area contributed by atoms with Crippen LogP contribution < -0.4 is 9.91 Å². The Labute approximate surface area is 146 Å². The van der Waals surface area contributed by atoms with E-state index in [1.54, 1.807) is 12.1 Å². The van der Waals surface area contributed by atoms with Crippen molar-refractivity contribution >= 4 is 28.8 Å². The summed E-state index contributed by atoms with van der Waals surface area (Å²) in [5.74, 6) is 0. The fraction of sp³-hybridized carbons (Fsp3) is 0.211. The van der Waals surface area contributed by atoms with E-state index in [-0.39, 0.29) is 5.69 Å². The number of allylic oxidation sites excluding steroid dienone is 1. The standard InChI is InChI=1S/C19H20N4O2/c1-21(2)17-9-11-18(12-10-17)22-14-13-16(20-22)6-3-15-4-7-19(8-5-15)23(24)25/h3-12H,13-14H2,1-2H3. The number of benzene rings is 2. The summed E-state index contributed by atoms with van der Waals surface area (Å²) < 4.78 is 0. The van der Waals surface area contributed by atoms with E-state index in [1.165, 1.54) is 12.1 Å². The summed E-state index contributed by atoms with van der Waals surface area (Å²) in [5.41, 5.74) is 4.24. The van der Waals surface area contributed by atoms with E-state index < -0.39 is 4.92 Å². The van der Waals surface area contributed by atoms with Crippen molar-refractivity contribution in [3.8, 4) is 0 Å². The number of nitro groups is 1. The average Bonchev–Trinajstić information content (AvgIpc) is 3.09. The molecule has 6 heteroatoms. The summed E-state index contributed by atoms with van der Waals surface area (Å²) in [6.07, 6.45) is 4.77. The highest BCUT2D eigenvalue weighted by atomic mass is 16.6. The molecule has 0 aromatic heterocycles. The van der Waals surface area contributed by atoms with E-state index in [9.17, 15) is 10.1 Å². The second kappa shape index (κ2) is 7.17. The molecule has 2 aromatic carbocycles. The van der Waals surface area contributed by atoms with Gasteiger partial charge in [-0.1, -0.05) is 6.08 Å². The van der Waals surface area contributed by atoms with Gasteiger partial charge in [-0.3, -0.25) is 15.1 Å². The molecular weight excluding hydrogens is 316 g/mol. The number of anilines is 2. The van der Waals surface area contributed by atoms with Crippen molar-refractivity contribution < 1.29 is 4.92 Å². The monoisotopic (exact) mass is 336 g/mol. The van der Waals surface area contributed by atoms with Crippen LogP contribution in [0, 0.1) is 10.1 Å². The highest BCUT2D eigenvalue weighted by Gasteiger charge is 2.14. The molecule has 0 amide bonds. The van der Waals surface area contributed by atoms with Gasteiger partial charge in [0.1, 0.15) is 0 Å². The van der Waals surface area contributed by atoms with Crippen molar-refractivity contribution in [3.63, 3.8) is 0 Å². The van der Waals surface area contributed by atoms with Gasteiger partial charge in [-0.05, 0) is 48.0 Å². The van der Waals surface area contributed by atoms with Crippen molar-refractivity contribution in [2.45, 2.75) is 6.42 Å². The molecule has 25 heavy (non-hydrogen) atoms. The first-order valence-electron chi connectivity index (χ1n) is 8.08. The van der Waals surface area contributed by atoms with Crippen molar-refractivity contribution in [1.82, 2.24) is 0 Å². The lowest BCUT2D eigenvalue weighted by molar-refractivity contribution is -0.384. The molecule has 1 aliphatic rings. The summed E-state index contributed by atoms with van der Waals surface area (Å²) >= 11 is 0.